The van der Waals surface area contributed by atoms with Gasteiger partial charge in [-0.15, -0.1) is 0 Å². The van der Waals surface area contributed by atoms with Gasteiger partial charge in [-0.3, -0.25) is 0 Å². The summed E-state index contributed by atoms with van der Waals surface area (Å²) in [7, 11) is 0. The number of benzene rings is 1. The maximum atomic E-state index is 12.2. The van der Waals surface area contributed by atoms with E-state index < -0.39 is 0 Å². The highest BCUT2D eigenvalue weighted by molar-refractivity contribution is 5.91. The summed E-state index contributed by atoms with van der Waals surface area (Å²) in [5.74, 6) is 0.963. The molecule has 1 aromatic carbocycles. The van der Waals surface area contributed by atoms with E-state index >= 15 is 0 Å². The van der Waals surface area contributed by atoms with E-state index in [9.17, 15) is 4.79 Å². The van der Waals surface area contributed by atoms with Crippen LogP contribution in [0.2, 0.25) is 0 Å². The normalized spacial score (nSPS) is 12.5. The first kappa shape index (κ1) is 18.5. The highest BCUT2D eigenvalue weighted by Gasteiger charge is 2.16. The number of rotatable bonds is 7. The van der Waals surface area contributed by atoms with Crippen molar-refractivity contribution >= 4 is 11.7 Å². The summed E-state index contributed by atoms with van der Waals surface area (Å²) in [6.07, 6.45) is 0.695. The number of carbonyl (C=O) groups excluding carboxylic acids is 1. The van der Waals surface area contributed by atoms with E-state index in [1.54, 1.807) is 0 Å². The molecule has 2 amide bonds. The monoisotopic (exact) mass is 306 g/mol. The molecule has 1 atom stereocenters. The van der Waals surface area contributed by atoms with Crippen LogP contribution in [-0.2, 0) is 0 Å². The van der Waals surface area contributed by atoms with Crippen LogP contribution in [0.5, 0.6) is 0 Å². The van der Waals surface area contributed by atoms with Crippen LogP contribution >= 0.6 is 0 Å². The molecule has 0 fully saturated rings. The Labute approximate surface area is 134 Å². The molecular formula is C18H30N2O2. The van der Waals surface area contributed by atoms with Crippen molar-refractivity contribution < 1.29 is 9.90 Å². The number of nitrogens with one attached hydrogen (secondary N) is 2. The molecule has 22 heavy (non-hydrogen) atoms. The number of para-hydroxylation sites is 1. The van der Waals surface area contributed by atoms with Gasteiger partial charge in [0.25, 0.3) is 0 Å². The molecule has 124 valence electrons. The third-order valence-electron chi connectivity index (χ3n) is 3.84. The zero-order chi connectivity index (χ0) is 16.7. The SMILES string of the molecule is CC(CCO)CNC(=O)Nc1c(C(C)C)cccc1C(C)C. The predicted molar refractivity (Wildman–Crippen MR) is 92.5 cm³/mol. The van der Waals surface area contributed by atoms with Gasteiger partial charge < -0.3 is 15.7 Å². The zero-order valence-electron chi connectivity index (χ0n) is 14.4. The Hall–Kier alpha value is -1.55. The van der Waals surface area contributed by atoms with Crippen LogP contribution in [0.3, 0.4) is 0 Å². The molecule has 1 rings (SSSR count). The summed E-state index contributed by atoms with van der Waals surface area (Å²) >= 11 is 0. The van der Waals surface area contributed by atoms with Crippen LogP contribution in [0.4, 0.5) is 10.5 Å². The molecule has 0 aliphatic rings. The van der Waals surface area contributed by atoms with E-state index in [1.807, 2.05) is 6.92 Å². The number of urea groups is 1. The number of amides is 2. The molecule has 0 aliphatic carbocycles. The minimum atomic E-state index is -0.181. The third kappa shape index (κ3) is 5.34. The molecule has 0 saturated carbocycles. The molecule has 0 heterocycles. The minimum absolute atomic E-state index is 0.151. The lowest BCUT2D eigenvalue weighted by molar-refractivity contribution is 0.243. The van der Waals surface area contributed by atoms with Crippen LogP contribution in [0.15, 0.2) is 18.2 Å². The van der Waals surface area contributed by atoms with E-state index in [0.29, 0.717) is 24.8 Å². The molecule has 0 aromatic heterocycles. The van der Waals surface area contributed by atoms with Crippen molar-refractivity contribution in [1.82, 2.24) is 5.32 Å². The van der Waals surface area contributed by atoms with Gasteiger partial charge in [-0.05, 0) is 35.3 Å². The van der Waals surface area contributed by atoms with E-state index in [4.69, 9.17) is 5.11 Å². The van der Waals surface area contributed by atoms with Crippen molar-refractivity contribution in [3.05, 3.63) is 29.3 Å². The third-order valence-corrected chi connectivity index (χ3v) is 3.84. The lowest BCUT2D eigenvalue weighted by Crippen LogP contribution is -2.33. The summed E-state index contributed by atoms with van der Waals surface area (Å²) in [4.78, 5) is 12.2. The Kier molecular flexibility index (Phi) is 7.39. The first-order chi connectivity index (χ1) is 10.4. The molecule has 1 aromatic rings. The van der Waals surface area contributed by atoms with Gasteiger partial charge in [-0.2, -0.15) is 0 Å². The van der Waals surface area contributed by atoms with E-state index in [0.717, 1.165) is 16.8 Å². The summed E-state index contributed by atoms with van der Waals surface area (Å²) in [5.41, 5.74) is 3.24. The lowest BCUT2D eigenvalue weighted by atomic mass is 9.93. The van der Waals surface area contributed by atoms with Gasteiger partial charge >= 0.3 is 6.03 Å². The summed E-state index contributed by atoms with van der Waals surface area (Å²) in [5, 5.41) is 14.8. The van der Waals surface area contributed by atoms with Crippen LogP contribution in [0.1, 0.15) is 64.0 Å². The van der Waals surface area contributed by atoms with Crippen molar-refractivity contribution in [2.45, 2.75) is 52.9 Å². The first-order valence-electron chi connectivity index (χ1n) is 8.15. The van der Waals surface area contributed by atoms with E-state index in [-0.39, 0.29) is 18.6 Å². The lowest BCUT2D eigenvalue weighted by Gasteiger charge is -2.21. The summed E-state index contributed by atoms with van der Waals surface area (Å²) < 4.78 is 0. The largest absolute Gasteiger partial charge is 0.396 e. The number of carbonyl (C=O) groups is 1. The number of aliphatic hydroxyl groups excluding tert-OH is 1. The molecular weight excluding hydrogens is 276 g/mol. The standard InChI is InChI=1S/C18H30N2O2/c1-12(2)15-7-6-8-16(13(3)4)17(15)20-18(22)19-11-14(5)9-10-21/h6-8,12-14,21H,9-11H2,1-5H3,(H2,19,20,22). The van der Waals surface area contributed by atoms with Gasteiger partial charge in [0.2, 0.25) is 0 Å². The fourth-order valence-electron chi connectivity index (χ4n) is 2.44. The van der Waals surface area contributed by atoms with Gasteiger partial charge in [0.15, 0.2) is 0 Å². The van der Waals surface area contributed by atoms with Crippen molar-refractivity contribution in [1.29, 1.82) is 0 Å². The van der Waals surface area contributed by atoms with Crippen molar-refractivity contribution in [2.24, 2.45) is 5.92 Å². The van der Waals surface area contributed by atoms with E-state index in [1.165, 1.54) is 0 Å². The van der Waals surface area contributed by atoms with E-state index in [2.05, 4.69) is 56.5 Å². The van der Waals surface area contributed by atoms with Crippen LogP contribution in [-0.4, -0.2) is 24.3 Å². The van der Waals surface area contributed by atoms with Gasteiger partial charge in [-0.1, -0.05) is 52.8 Å². The smallest absolute Gasteiger partial charge is 0.319 e. The average molecular weight is 306 g/mol. The summed E-state index contributed by atoms with van der Waals surface area (Å²) in [6.45, 7) is 11.2. The van der Waals surface area contributed by atoms with Crippen LogP contribution in [0.25, 0.3) is 0 Å². The van der Waals surface area contributed by atoms with Crippen molar-refractivity contribution in [3.8, 4) is 0 Å². The molecule has 0 saturated heterocycles. The Morgan fingerprint density at radius 2 is 1.64 bits per heavy atom. The summed E-state index contributed by atoms with van der Waals surface area (Å²) in [6, 6.07) is 6.01. The van der Waals surface area contributed by atoms with Crippen molar-refractivity contribution in [2.75, 3.05) is 18.5 Å². The Bertz CT molecular complexity index is 458. The second kappa shape index (κ2) is 8.79. The number of hydrogen-bond donors (Lipinski definition) is 3. The van der Waals surface area contributed by atoms with Crippen LogP contribution < -0.4 is 10.6 Å². The minimum Gasteiger partial charge on any atom is -0.396 e. The number of anilines is 1. The Morgan fingerprint density at radius 3 is 2.09 bits per heavy atom. The zero-order valence-corrected chi connectivity index (χ0v) is 14.4. The average Bonchev–Trinajstić information content (AvgIpc) is 2.45. The Balaban J connectivity index is 2.84. The number of hydrogen-bond acceptors (Lipinski definition) is 2. The molecule has 0 bridgehead atoms. The molecule has 3 N–H and O–H groups in total. The number of aliphatic hydroxyl groups is 1. The molecule has 4 nitrogen and oxygen atoms in total. The van der Waals surface area contributed by atoms with Gasteiger partial charge in [0, 0.05) is 18.8 Å². The highest BCUT2D eigenvalue weighted by atomic mass is 16.3. The first-order valence-corrected chi connectivity index (χ1v) is 8.15. The molecule has 4 heteroatoms. The molecule has 1 unspecified atom stereocenters. The van der Waals surface area contributed by atoms with Gasteiger partial charge in [0.1, 0.15) is 0 Å². The second-order valence-electron chi connectivity index (χ2n) is 6.57. The quantitative estimate of drug-likeness (QED) is 0.711. The second-order valence-corrected chi connectivity index (χ2v) is 6.57. The Morgan fingerprint density at radius 1 is 1.09 bits per heavy atom. The van der Waals surface area contributed by atoms with Gasteiger partial charge in [0.05, 0.1) is 0 Å². The molecule has 0 radical (unpaired) electrons. The fourth-order valence-corrected chi connectivity index (χ4v) is 2.44. The van der Waals surface area contributed by atoms with Gasteiger partial charge in [-0.25, -0.2) is 4.79 Å². The molecule has 0 spiro atoms. The highest BCUT2D eigenvalue weighted by Crippen LogP contribution is 2.32. The van der Waals surface area contributed by atoms with Crippen LogP contribution in [0, 0.1) is 5.92 Å². The maximum absolute atomic E-state index is 12.2. The predicted octanol–water partition coefficient (Wildman–Crippen LogP) is 4.07. The fraction of sp³-hybridized carbons (Fsp3) is 0.611. The van der Waals surface area contributed by atoms with Crippen molar-refractivity contribution in [3.63, 3.8) is 0 Å². The topological polar surface area (TPSA) is 61.4 Å². The molecule has 0 aliphatic heterocycles. The maximum Gasteiger partial charge on any atom is 0.319 e.